The van der Waals surface area contributed by atoms with Gasteiger partial charge in [-0.3, -0.25) is 14.3 Å². The van der Waals surface area contributed by atoms with Crippen molar-refractivity contribution in [1.82, 2.24) is 9.78 Å². The molecule has 5 heteroatoms. The molecule has 1 aromatic carbocycles. The zero-order valence-corrected chi connectivity index (χ0v) is 12.8. The lowest BCUT2D eigenvalue weighted by atomic mass is 9.90. The first-order chi connectivity index (χ1) is 10.5. The SMILES string of the molecule is CC(C)n1cc(C(=O)Nc2ccc3c(c2)C(=O)CCC3)cn1. The maximum Gasteiger partial charge on any atom is 0.258 e. The monoisotopic (exact) mass is 297 g/mol. The molecule has 114 valence electrons. The van der Waals surface area contributed by atoms with E-state index in [1.165, 1.54) is 0 Å². The van der Waals surface area contributed by atoms with E-state index in [1.807, 2.05) is 26.0 Å². The fourth-order valence-corrected chi connectivity index (χ4v) is 2.65. The number of aromatic nitrogens is 2. The number of rotatable bonds is 3. The minimum atomic E-state index is -0.213. The smallest absolute Gasteiger partial charge is 0.258 e. The molecule has 1 aliphatic carbocycles. The van der Waals surface area contributed by atoms with Crippen LogP contribution in [0, 0.1) is 0 Å². The second-order valence-corrected chi connectivity index (χ2v) is 5.91. The summed E-state index contributed by atoms with van der Waals surface area (Å²) >= 11 is 0. The molecule has 0 saturated carbocycles. The van der Waals surface area contributed by atoms with Crippen LogP contribution in [0.3, 0.4) is 0 Å². The number of nitrogens with zero attached hydrogens (tertiary/aromatic N) is 2. The van der Waals surface area contributed by atoms with E-state index in [0.717, 1.165) is 24.0 Å². The molecule has 0 spiro atoms. The summed E-state index contributed by atoms with van der Waals surface area (Å²) in [4.78, 5) is 24.2. The number of ketones is 1. The summed E-state index contributed by atoms with van der Waals surface area (Å²) in [5, 5.41) is 7.00. The lowest BCUT2D eigenvalue weighted by Gasteiger charge is -2.15. The van der Waals surface area contributed by atoms with E-state index in [0.29, 0.717) is 17.7 Å². The van der Waals surface area contributed by atoms with Gasteiger partial charge in [-0.05, 0) is 44.4 Å². The van der Waals surface area contributed by atoms with Gasteiger partial charge in [-0.25, -0.2) is 0 Å². The third-order valence-electron chi connectivity index (χ3n) is 3.91. The number of carbonyl (C=O) groups excluding carboxylic acids is 2. The molecule has 1 amide bonds. The van der Waals surface area contributed by atoms with Gasteiger partial charge in [0.15, 0.2) is 5.78 Å². The van der Waals surface area contributed by atoms with Gasteiger partial charge in [-0.2, -0.15) is 5.10 Å². The number of amides is 1. The van der Waals surface area contributed by atoms with Gasteiger partial charge < -0.3 is 5.32 Å². The van der Waals surface area contributed by atoms with Crippen LogP contribution in [0.5, 0.6) is 0 Å². The third kappa shape index (κ3) is 2.79. The van der Waals surface area contributed by atoms with Gasteiger partial charge in [0.05, 0.1) is 11.8 Å². The van der Waals surface area contributed by atoms with Crippen LogP contribution in [-0.2, 0) is 6.42 Å². The maximum absolute atomic E-state index is 12.3. The quantitative estimate of drug-likeness (QED) is 0.946. The third-order valence-corrected chi connectivity index (χ3v) is 3.91. The van der Waals surface area contributed by atoms with Crippen molar-refractivity contribution in [2.45, 2.75) is 39.2 Å². The largest absolute Gasteiger partial charge is 0.322 e. The van der Waals surface area contributed by atoms with E-state index < -0.39 is 0 Å². The van der Waals surface area contributed by atoms with Crippen LogP contribution < -0.4 is 5.32 Å². The molecule has 0 saturated heterocycles. The average Bonchev–Trinajstić information content (AvgIpc) is 2.98. The molecule has 1 heterocycles. The molecule has 0 bridgehead atoms. The number of Topliss-reactive ketones (excluding diaryl/α,β-unsaturated/α-hetero) is 1. The molecule has 0 atom stereocenters. The van der Waals surface area contributed by atoms with Gasteiger partial charge in [0.25, 0.3) is 5.91 Å². The Kier molecular flexibility index (Phi) is 3.79. The van der Waals surface area contributed by atoms with E-state index in [1.54, 1.807) is 23.1 Å². The second kappa shape index (κ2) is 5.75. The van der Waals surface area contributed by atoms with E-state index in [4.69, 9.17) is 0 Å². The molecule has 0 aliphatic heterocycles. The number of carbonyl (C=O) groups is 2. The van der Waals surface area contributed by atoms with Gasteiger partial charge in [-0.1, -0.05) is 6.07 Å². The molecule has 22 heavy (non-hydrogen) atoms. The fraction of sp³-hybridized carbons (Fsp3) is 0.353. The Morgan fingerprint density at radius 2 is 2.14 bits per heavy atom. The number of nitrogens with one attached hydrogen (secondary N) is 1. The first-order valence-corrected chi connectivity index (χ1v) is 7.56. The molecule has 1 aliphatic rings. The molecular weight excluding hydrogens is 278 g/mol. The van der Waals surface area contributed by atoms with E-state index >= 15 is 0 Å². The Labute approximate surface area is 129 Å². The van der Waals surface area contributed by atoms with E-state index in [9.17, 15) is 9.59 Å². The molecule has 2 aromatic rings. The van der Waals surface area contributed by atoms with Crippen molar-refractivity contribution in [3.8, 4) is 0 Å². The van der Waals surface area contributed by atoms with Crippen molar-refractivity contribution in [2.75, 3.05) is 5.32 Å². The van der Waals surface area contributed by atoms with Crippen LogP contribution in [0.1, 0.15) is 59.0 Å². The lowest BCUT2D eigenvalue weighted by Crippen LogP contribution is -2.14. The van der Waals surface area contributed by atoms with Crippen molar-refractivity contribution in [3.63, 3.8) is 0 Å². The first kappa shape index (κ1) is 14.5. The predicted octanol–water partition coefficient (Wildman–Crippen LogP) is 3.24. The Morgan fingerprint density at radius 1 is 1.32 bits per heavy atom. The highest BCUT2D eigenvalue weighted by Gasteiger charge is 2.18. The molecule has 0 fully saturated rings. The summed E-state index contributed by atoms with van der Waals surface area (Å²) in [6.07, 6.45) is 5.70. The predicted molar refractivity (Wildman–Crippen MR) is 84.3 cm³/mol. The van der Waals surface area contributed by atoms with Gasteiger partial charge in [-0.15, -0.1) is 0 Å². The maximum atomic E-state index is 12.3. The number of fused-ring (bicyclic) bond motifs is 1. The highest BCUT2D eigenvalue weighted by Crippen LogP contribution is 2.24. The molecule has 1 N–H and O–H groups in total. The summed E-state index contributed by atoms with van der Waals surface area (Å²) in [5.41, 5.74) is 2.97. The molecule has 0 unspecified atom stereocenters. The van der Waals surface area contributed by atoms with Gasteiger partial charge in [0, 0.05) is 29.9 Å². The standard InChI is InChI=1S/C17H19N3O2/c1-11(2)20-10-13(9-18-20)17(22)19-14-7-6-12-4-3-5-16(21)15(12)8-14/h6-11H,3-5H2,1-2H3,(H,19,22). The van der Waals surface area contributed by atoms with Crippen LogP contribution in [0.4, 0.5) is 5.69 Å². The van der Waals surface area contributed by atoms with Crippen LogP contribution in [-0.4, -0.2) is 21.5 Å². The zero-order valence-electron chi connectivity index (χ0n) is 12.8. The highest BCUT2D eigenvalue weighted by molar-refractivity contribution is 6.05. The summed E-state index contributed by atoms with van der Waals surface area (Å²) in [7, 11) is 0. The van der Waals surface area contributed by atoms with Crippen molar-refractivity contribution in [2.24, 2.45) is 0 Å². The molecule has 0 radical (unpaired) electrons. The van der Waals surface area contributed by atoms with Gasteiger partial charge >= 0.3 is 0 Å². The summed E-state index contributed by atoms with van der Waals surface area (Å²) in [6.45, 7) is 4.01. The van der Waals surface area contributed by atoms with Crippen LogP contribution in [0.15, 0.2) is 30.6 Å². The van der Waals surface area contributed by atoms with Crippen LogP contribution in [0.25, 0.3) is 0 Å². The second-order valence-electron chi connectivity index (χ2n) is 5.91. The number of aryl methyl sites for hydroxylation is 1. The van der Waals surface area contributed by atoms with E-state index in [-0.39, 0.29) is 17.7 Å². The van der Waals surface area contributed by atoms with Crippen molar-refractivity contribution >= 4 is 17.4 Å². The number of hydrogen-bond donors (Lipinski definition) is 1. The summed E-state index contributed by atoms with van der Waals surface area (Å²) < 4.78 is 1.74. The summed E-state index contributed by atoms with van der Waals surface area (Å²) in [5.74, 6) is -0.0555. The average molecular weight is 297 g/mol. The number of anilines is 1. The number of hydrogen-bond acceptors (Lipinski definition) is 3. The first-order valence-electron chi connectivity index (χ1n) is 7.56. The van der Waals surface area contributed by atoms with Gasteiger partial charge in [0.1, 0.15) is 0 Å². The van der Waals surface area contributed by atoms with Gasteiger partial charge in [0.2, 0.25) is 0 Å². The van der Waals surface area contributed by atoms with E-state index in [2.05, 4.69) is 10.4 Å². The summed E-state index contributed by atoms with van der Waals surface area (Å²) in [6, 6.07) is 5.77. The Bertz CT molecular complexity index is 731. The number of benzene rings is 1. The lowest BCUT2D eigenvalue weighted by molar-refractivity contribution is 0.0970. The van der Waals surface area contributed by atoms with Crippen LogP contribution in [0.2, 0.25) is 0 Å². The topological polar surface area (TPSA) is 64.0 Å². The minimum absolute atomic E-state index is 0.157. The molecule has 1 aromatic heterocycles. The highest BCUT2D eigenvalue weighted by atomic mass is 16.1. The minimum Gasteiger partial charge on any atom is -0.322 e. The Morgan fingerprint density at radius 3 is 2.86 bits per heavy atom. The van der Waals surface area contributed by atoms with Crippen molar-refractivity contribution in [3.05, 3.63) is 47.3 Å². The Hall–Kier alpha value is -2.43. The molecule has 5 nitrogen and oxygen atoms in total. The van der Waals surface area contributed by atoms with Crippen LogP contribution >= 0.6 is 0 Å². The zero-order chi connectivity index (χ0) is 15.7. The van der Waals surface area contributed by atoms with Crippen molar-refractivity contribution in [1.29, 1.82) is 0 Å². The Balaban J connectivity index is 1.79. The van der Waals surface area contributed by atoms with Crippen molar-refractivity contribution < 1.29 is 9.59 Å². The fourth-order valence-electron chi connectivity index (χ4n) is 2.65. The normalized spacial score (nSPS) is 14.0. The molecule has 3 rings (SSSR count). The molecular formula is C17H19N3O2.